The van der Waals surface area contributed by atoms with Gasteiger partial charge in [0.2, 0.25) is 5.91 Å². The van der Waals surface area contributed by atoms with Crippen LogP contribution in [0.3, 0.4) is 0 Å². The smallest absolute Gasteiger partial charge is 0.347 e. The monoisotopic (exact) mass is 554 g/mol. The van der Waals surface area contributed by atoms with Gasteiger partial charge in [0.05, 0.1) is 27.9 Å². The van der Waals surface area contributed by atoms with Gasteiger partial charge < -0.3 is 25.6 Å². The van der Waals surface area contributed by atoms with Crippen LogP contribution in [0.2, 0.25) is 10.0 Å². The first kappa shape index (κ1) is 24.0. The molecule has 0 radical (unpaired) electrons. The molecule has 1 unspecified atom stereocenters. The molecule has 0 aromatic carbocycles. The number of hydrogen-bond acceptors (Lipinski definition) is 8. The Hall–Kier alpha value is -2.67. The molecule has 2 amide bonds. The minimum absolute atomic E-state index is 0.00288. The summed E-state index contributed by atoms with van der Waals surface area (Å²) >= 11 is 14.6. The maximum atomic E-state index is 12.6. The first-order chi connectivity index (χ1) is 16.6. The summed E-state index contributed by atoms with van der Waals surface area (Å²) in [5.74, 6) is -1.35. The lowest BCUT2D eigenvalue weighted by molar-refractivity contribution is -0.115. The van der Waals surface area contributed by atoms with Gasteiger partial charge in [-0.05, 0) is 13.8 Å². The molecule has 0 spiro atoms. The number of amides is 2. The molecule has 4 heterocycles. The number of aryl methyl sites for hydroxylation is 2. The molecule has 35 heavy (non-hydrogen) atoms. The minimum Gasteiger partial charge on any atom is -0.477 e. The van der Waals surface area contributed by atoms with Crippen molar-refractivity contribution < 1.29 is 19.5 Å². The summed E-state index contributed by atoms with van der Waals surface area (Å²) in [4.78, 5) is 50.4. The maximum absolute atomic E-state index is 12.6. The molecule has 4 N–H and O–H groups in total. The normalized spacial score (nSPS) is 20.6. The van der Waals surface area contributed by atoms with Gasteiger partial charge in [0.25, 0.3) is 5.91 Å². The second-order valence-electron chi connectivity index (χ2n) is 8.58. The van der Waals surface area contributed by atoms with E-state index >= 15 is 0 Å². The van der Waals surface area contributed by atoms with Crippen molar-refractivity contribution in [2.75, 3.05) is 23.3 Å². The summed E-state index contributed by atoms with van der Waals surface area (Å²) in [6.07, 6.45) is -0.158. The highest BCUT2D eigenvalue weighted by Crippen LogP contribution is 2.48. The number of halogens is 2. The number of piperidine rings is 1. The number of rotatable bonds is 7. The lowest BCUT2D eigenvalue weighted by Gasteiger charge is -2.19. The SMILES string of the molecule is Cc1csc(NC(=O)Cc2nc(N3C[C@@H]4C(NC(=O)c5[nH]c(C)c(Cl)c5Cl)[C@@H]4C3)sc2C(=O)O)n1. The molecule has 5 rings (SSSR count). The quantitative estimate of drug-likeness (QED) is 0.349. The van der Waals surface area contributed by atoms with Gasteiger partial charge in [-0.25, -0.2) is 14.8 Å². The number of H-pyrrole nitrogens is 1. The molecule has 2 fully saturated rings. The molecule has 1 aliphatic heterocycles. The standard InChI is InChI=1S/C21H20Cl2N6O4S2/c1-7-6-34-20(24-7)27-12(30)3-11-17(19(32)33)35-21(26-11)29-4-9-10(5-29)15(9)28-18(31)16-14(23)13(22)8(2)25-16/h6,9-10,15,25H,3-5H2,1-2H3,(H,28,31)(H,32,33)(H,24,27,30)/t9-,10+,15?. The van der Waals surface area contributed by atoms with E-state index in [2.05, 4.69) is 25.6 Å². The topological polar surface area (TPSA) is 140 Å². The van der Waals surface area contributed by atoms with E-state index < -0.39 is 5.97 Å². The number of nitrogens with zero attached hydrogens (tertiary/aromatic N) is 3. The molecular formula is C21H20Cl2N6O4S2. The van der Waals surface area contributed by atoms with Gasteiger partial charge in [0.1, 0.15) is 10.6 Å². The number of carboxylic acids is 1. The second kappa shape index (κ2) is 9.08. The number of carbonyl (C=O) groups excluding carboxylic acids is 2. The van der Waals surface area contributed by atoms with E-state index in [1.807, 2.05) is 17.2 Å². The third-order valence-corrected chi connectivity index (χ3v) is 9.09. The Bertz CT molecular complexity index is 1340. The Kier molecular flexibility index (Phi) is 6.24. The highest BCUT2D eigenvalue weighted by Gasteiger charge is 2.57. The molecule has 14 heteroatoms. The van der Waals surface area contributed by atoms with Gasteiger partial charge in [-0.1, -0.05) is 34.5 Å². The Labute approximate surface area is 217 Å². The predicted molar refractivity (Wildman–Crippen MR) is 134 cm³/mol. The highest BCUT2D eigenvalue weighted by atomic mass is 35.5. The Balaban J connectivity index is 1.21. The molecule has 3 aromatic heterocycles. The fourth-order valence-electron chi connectivity index (χ4n) is 4.34. The summed E-state index contributed by atoms with van der Waals surface area (Å²) in [5.41, 5.74) is 1.90. The van der Waals surface area contributed by atoms with Crippen LogP contribution in [0.4, 0.5) is 10.3 Å². The largest absolute Gasteiger partial charge is 0.477 e. The van der Waals surface area contributed by atoms with E-state index in [0.717, 1.165) is 17.0 Å². The van der Waals surface area contributed by atoms with Crippen molar-refractivity contribution in [2.45, 2.75) is 26.3 Å². The van der Waals surface area contributed by atoms with Crippen LogP contribution in [0.15, 0.2) is 5.38 Å². The lowest BCUT2D eigenvalue weighted by Crippen LogP contribution is -2.34. The third kappa shape index (κ3) is 4.63. The van der Waals surface area contributed by atoms with Crippen LogP contribution in [0.1, 0.15) is 37.2 Å². The van der Waals surface area contributed by atoms with Crippen molar-refractivity contribution in [1.29, 1.82) is 0 Å². The fourth-order valence-corrected chi connectivity index (χ4v) is 6.40. The van der Waals surface area contributed by atoms with Gasteiger partial charge in [0, 0.05) is 42.0 Å². The number of aromatic amines is 1. The molecule has 184 valence electrons. The van der Waals surface area contributed by atoms with Crippen LogP contribution in [0.5, 0.6) is 0 Å². The van der Waals surface area contributed by atoms with Crippen LogP contribution in [0, 0.1) is 25.7 Å². The first-order valence-electron chi connectivity index (χ1n) is 10.7. The molecule has 2 aliphatic rings. The lowest BCUT2D eigenvalue weighted by atomic mass is 10.2. The zero-order chi connectivity index (χ0) is 25.0. The average Bonchev–Trinajstić information content (AvgIpc) is 3.30. The number of carboxylic acid groups (broad SMARTS) is 1. The van der Waals surface area contributed by atoms with Crippen molar-refractivity contribution >= 4 is 73.9 Å². The van der Waals surface area contributed by atoms with Gasteiger partial charge in [-0.2, -0.15) is 0 Å². The first-order valence-corrected chi connectivity index (χ1v) is 13.1. The molecular weight excluding hydrogens is 535 g/mol. The van der Waals surface area contributed by atoms with Crippen molar-refractivity contribution in [3.05, 3.63) is 43.1 Å². The number of hydrogen-bond donors (Lipinski definition) is 4. The van der Waals surface area contributed by atoms with E-state index in [0.29, 0.717) is 34.1 Å². The Morgan fingerprint density at radius 2 is 1.91 bits per heavy atom. The molecule has 0 bridgehead atoms. The van der Waals surface area contributed by atoms with E-state index in [1.165, 1.54) is 11.3 Å². The molecule has 1 saturated carbocycles. The van der Waals surface area contributed by atoms with Crippen molar-refractivity contribution in [1.82, 2.24) is 20.3 Å². The number of aromatic carboxylic acids is 1. The summed E-state index contributed by atoms with van der Waals surface area (Å²) < 4.78 is 0. The maximum Gasteiger partial charge on any atom is 0.347 e. The van der Waals surface area contributed by atoms with E-state index in [-0.39, 0.29) is 57.4 Å². The third-order valence-electron chi connectivity index (χ3n) is 6.12. The van der Waals surface area contributed by atoms with Crippen molar-refractivity contribution in [2.24, 2.45) is 11.8 Å². The summed E-state index contributed by atoms with van der Waals surface area (Å²) in [6, 6.07) is 0.00288. The number of thiazole rings is 2. The van der Waals surface area contributed by atoms with Gasteiger partial charge >= 0.3 is 5.97 Å². The summed E-state index contributed by atoms with van der Waals surface area (Å²) in [5, 5.41) is 18.7. The van der Waals surface area contributed by atoms with Gasteiger partial charge in [-0.3, -0.25) is 9.59 Å². The van der Waals surface area contributed by atoms with Crippen molar-refractivity contribution in [3.8, 4) is 0 Å². The summed E-state index contributed by atoms with van der Waals surface area (Å²) in [6.45, 7) is 4.82. The number of anilines is 2. The van der Waals surface area contributed by atoms with Crippen LogP contribution < -0.4 is 15.5 Å². The molecule has 1 aliphatic carbocycles. The highest BCUT2D eigenvalue weighted by molar-refractivity contribution is 7.17. The van der Waals surface area contributed by atoms with E-state index in [4.69, 9.17) is 23.2 Å². The van der Waals surface area contributed by atoms with Gasteiger partial charge in [0.15, 0.2) is 10.3 Å². The second-order valence-corrected chi connectivity index (χ2v) is 11.2. The van der Waals surface area contributed by atoms with Gasteiger partial charge in [-0.15, -0.1) is 11.3 Å². The molecule has 3 atom stereocenters. The number of nitrogens with one attached hydrogen (secondary N) is 3. The number of fused-ring (bicyclic) bond motifs is 1. The summed E-state index contributed by atoms with van der Waals surface area (Å²) in [7, 11) is 0. The number of carbonyl (C=O) groups is 3. The minimum atomic E-state index is -1.12. The Morgan fingerprint density at radius 3 is 2.49 bits per heavy atom. The van der Waals surface area contributed by atoms with E-state index in [9.17, 15) is 19.5 Å². The van der Waals surface area contributed by atoms with Crippen molar-refractivity contribution in [3.63, 3.8) is 0 Å². The predicted octanol–water partition coefficient (Wildman–Crippen LogP) is 3.60. The fraction of sp³-hybridized carbons (Fsp3) is 0.381. The molecule has 3 aromatic rings. The van der Waals surface area contributed by atoms with Crippen LogP contribution >= 0.6 is 45.9 Å². The zero-order valence-electron chi connectivity index (χ0n) is 18.5. The molecule has 10 nitrogen and oxygen atoms in total. The van der Waals surface area contributed by atoms with E-state index in [1.54, 1.807) is 6.92 Å². The van der Waals surface area contributed by atoms with Crippen LogP contribution in [-0.2, 0) is 11.2 Å². The Morgan fingerprint density at radius 1 is 1.20 bits per heavy atom. The average molecular weight is 555 g/mol. The van der Waals surface area contributed by atoms with Crippen LogP contribution in [-0.4, -0.2) is 57.0 Å². The van der Waals surface area contributed by atoms with Crippen LogP contribution in [0.25, 0.3) is 0 Å². The number of aromatic nitrogens is 3. The molecule has 1 saturated heterocycles. The zero-order valence-corrected chi connectivity index (χ0v) is 21.7.